The SMILES string of the molecule is CC(C)CC(C)(CN)N(C)CC1CC1. The second kappa shape index (κ2) is 4.63. The fourth-order valence-corrected chi connectivity index (χ4v) is 2.18. The first-order valence-electron chi connectivity index (χ1n) is 5.89. The average molecular weight is 198 g/mol. The van der Waals surface area contributed by atoms with Gasteiger partial charge in [-0.05, 0) is 45.1 Å². The molecule has 1 fully saturated rings. The summed E-state index contributed by atoms with van der Waals surface area (Å²) in [6.07, 6.45) is 4.05. The van der Waals surface area contributed by atoms with Gasteiger partial charge >= 0.3 is 0 Å². The van der Waals surface area contributed by atoms with Gasteiger partial charge in [-0.1, -0.05) is 13.8 Å². The van der Waals surface area contributed by atoms with Gasteiger partial charge in [0.15, 0.2) is 0 Å². The first kappa shape index (κ1) is 12.0. The minimum absolute atomic E-state index is 0.205. The molecule has 2 N–H and O–H groups in total. The Hall–Kier alpha value is -0.0800. The molecule has 14 heavy (non-hydrogen) atoms. The second-order valence-corrected chi connectivity index (χ2v) is 5.62. The highest BCUT2D eigenvalue weighted by atomic mass is 15.2. The molecule has 84 valence electrons. The van der Waals surface area contributed by atoms with Crippen LogP contribution in [-0.4, -0.2) is 30.6 Å². The van der Waals surface area contributed by atoms with Gasteiger partial charge in [-0.15, -0.1) is 0 Å². The molecule has 0 aromatic carbocycles. The molecular formula is C12H26N2. The lowest BCUT2D eigenvalue weighted by Crippen LogP contribution is -2.51. The van der Waals surface area contributed by atoms with Crippen LogP contribution in [0.1, 0.15) is 40.0 Å². The smallest absolute Gasteiger partial charge is 0.0303 e. The van der Waals surface area contributed by atoms with Crippen molar-refractivity contribution in [2.75, 3.05) is 20.1 Å². The fraction of sp³-hybridized carbons (Fsp3) is 1.00. The molecule has 1 aliphatic rings. The third-order valence-corrected chi connectivity index (χ3v) is 3.44. The van der Waals surface area contributed by atoms with E-state index in [-0.39, 0.29) is 5.54 Å². The highest BCUT2D eigenvalue weighted by Gasteiger charge is 2.32. The molecule has 1 atom stereocenters. The average Bonchev–Trinajstić information content (AvgIpc) is 2.86. The summed E-state index contributed by atoms with van der Waals surface area (Å²) in [6, 6.07) is 0. The van der Waals surface area contributed by atoms with E-state index in [4.69, 9.17) is 5.73 Å². The topological polar surface area (TPSA) is 29.3 Å². The van der Waals surface area contributed by atoms with Crippen molar-refractivity contribution in [3.8, 4) is 0 Å². The van der Waals surface area contributed by atoms with Gasteiger partial charge in [0, 0.05) is 18.6 Å². The summed E-state index contributed by atoms with van der Waals surface area (Å²) >= 11 is 0. The highest BCUT2D eigenvalue weighted by molar-refractivity contribution is 4.89. The molecule has 0 amide bonds. The standard InChI is InChI=1S/C12H26N2/c1-10(2)7-12(3,9-13)14(4)8-11-5-6-11/h10-11H,5-9,13H2,1-4H3. The van der Waals surface area contributed by atoms with Crippen LogP contribution in [0, 0.1) is 11.8 Å². The Balaban J connectivity index is 2.46. The minimum atomic E-state index is 0.205. The number of nitrogens with two attached hydrogens (primary N) is 1. The van der Waals surface area contributed by atoms with Crippen LogP contribution >= 0.6 is 0 Å². The van der Waals surface area contributed by atoms with Crippen LogP contribution in [0.25, 0.3) is 0 Å². The number of rotatable bonds is 6. The van der Waals surface area contributed by atoms with Gasteiger partial charge in [-0.25, -0.2) is 0 Å². The Kier molecular flexibility index (Phi) is 3.96. The summed E-state index contributed by atoms with van der Waals surface area (Å²) in [5.41, 5.74) is 6.12. The van der Waals surface area contributed by atoms with Crippen LogP contribution in [0.15, 0.2) is 0 Å². The van der Waals surface area contributed by atoms with Crippen molar-refractivity contribution in [3.63, 3.8) is 0 Å². The lowest BCUT2D eigenvalue weighted by atomic mass is 9.89. The van der Waals surface area contributed by atoms with Crippen LogP contribution < -0.4 is 5.73 Å². The lowest BCUT2D eigenvalue weighted by molar-refractivity contribution is 0.114. The molecule has 2 nitrogen and oxygen atoms in total. The normalized spacial score (nSPS) is 21.6. The molecule has 0 bridgehead atoms. The van der Waals surface area contributed by atoms with E-state index < -0.39 is 0 Å². The third kappa shape index (κ3) is 3.25. The molecule has 0 aromatic rings. The maximum atomic E-state index is 5.91. The number of likely N-dealkylation sites (N-methyl/N-ethyl adjacent to an activating group) is 1. The second-order valence-electron chi connectivity index (χ2n) is 5.62. The van der Waals surface area contributed by atoms with E-state index in [1.165, 1.54) is 25.8 Å². The van der Waals surface area contributed by atoms with E-state index in [1.54, 1.807) is 0 Å². The molecule has 1 unspecified atom stereocenters. The van der Waals surface area contributed by atoms with Crippen LogP contribution in [0.3, 0.4) is 0 Å². The van der Waals surface area contributed by atoms with Crippen molar-refractivity contribution in [1.29, 1.82) is 0 Å². The number of nitrogens with zero attached hydrogens (tertiary/aromatic N) is 1. The highest BCUT2D eigenvalue weighted by Crippen LogP contribution is 2.32. The van der Waals surface area contributed by atoms with E-state index in [9.17, 15) is 0 Å². The summed E-state index contributed by atoms with van der Waals surface area (Å²) < 4.78 is 0. The first-order chi connectivity index (χ1) is 6.48. The summed E-state index contributed by atoms with van der Waals surface area (Å²) in [7, 11) is 2.23. The predicted molar refractivity (Wildman–Crippen MR) is 62.3 cm³/mol. The van der Waals surface area contributed by atoms with E-state index in [2.05, 4.69) is 32.7 Å². The van der Waals surface area contributed by atoms with Crippen LogP contribution in [0.5, 0.6) is 0 Å². The van der Waals surface area contributed by atoms with Crippen molar-refractivity contribution in [3.05, 3.63) is 0 Å². The first-order valence-corrected chi connectivity index (χ1v) is 5.89. The monoisotopic (exact) mass is 198 g/mol. The molecule has 0 spiro atoms. The van der Waals surface area contributed by atoms with E-state index in [1.807, 2.05) is 0 Å². The van der Waals surface area contributed by atoms with Gasteiger partial charge < -0.3 is 5.73 Å². The molecule has 2 heteroatoms. The Bertz CT molecular complexity index is 175. The molecular weight excluding hydrogens is 172 g/mol. The molecule has 0 heterocycles. The maximum Gasteiger partial charge on any atom is 0.0303 e. The van der Waals surface area contributed by atoms with Crippen molar-refractivity contribution >= 4 is 0 Å². The summed E-state index contributed by atoms with van der Waals surface area (Å²) in [5, 5.41) is 0. The van der Waals surface area contributed by atoms with Crippen LogP contribution in [0.2, 0.25) is 0 Å². The molecule has 0 saturated heterocycles. The van der Waals surface area contributed by atoms with Gasteiger partial charge in [-0.3, -0.25) is 4.90 Å². The van der Waals surface area contributed by atoms with Gasteiger partial charge in [-0.2, -0.15) is 0 Å². The molecule has 1 saturated carbocycles. The van der Waals surface area contributed by atoms with Gasteiger partial charge in [0.2, 0.25) is 0 Å². The molecule has 1 aliphatic carbocycles. The maximum absolute atomic E-state index is 5.91. The van der Waals surface area contributed by atoms with Crippen LogP contribution in [0.4, 0.5) is 0 Å². The Morgan fingerprint density at radius 1 is 1.43 bits per heavy atom. The minimum Gasteiger partial charge on any atom is -0.329 e. The van der Waals surface area contributed by atoms with Crippen molar-refractivity contribution in [1.82, 2.24) is 4.90 Å². The fourth-order valence-electron chi connectivity index (χ4n) is 2.18. The zero-order valence-corrected chi connectivity index (χ0v) is 10.2. The molecule has 0 aromatic heterocycles. The third-order valence-electron chi connectivity index (χ3n) is 3.44. The molecule has 0 radical (unpaired) electrons. The lowest BCUT2D eigenvalue weighted by Gasteiger charge is -2.39. The van der Waals surface area contributed by atoms with Gasteiger partial charge in [0.25, 0.3) is 0 Å². The summed E-state index contributed by atoms with van der Waals surface area (Å²) in [5.74, 6) is 1.68. The van der Waals surface area contributed by atoms with Gasteiger partial charge in [0.05, 0.1) is 0 Å². The Morgan fingerprint density at radius 2 is 2.00 bits per heavy atom. The van der Waals surface area contributed by atoms with E-state index in [0.29, 0.717) is 0 Å². The quantitative estimate of drug-likeness (QED) is 0.708. The van der Waals surface area contributed by atoms with Crippen molar-refractivity contribution in [2.45, 2.75) is 45.6 Å². The number of hydrogen-bond donors (Lipinski definition) is 1. The summed E-state index contributed by atoms with van der Waals surface area (Å²) in [6.45, 7) is 8.86. The Labute approximate surface area is 88.8 Å². The Morgan fingerprint density at radius 3 is 2.36 bits per heavy atom. The van der Waals surface area contributed by atoms with E-state index in [0.717, 1.165) is 18.4 Å². The zero-order chi connectivity index (χ0) is 10.8. The molecule has 0 aliphatic heterocycles. The van der Waals surface area contributed by atoms with Crippen LogP contribution in [-0.2, 0) is 0 Å². The van der Waals surface area contributed by atoms with E-state index >= 15 is 0 Å². The number of hydrogen-bond acceptors (Lipinski definition) is 2. The van der Waals surface area contributed by atoms with Crippen molar-refractivity contribution < 1.29 is 0 Å². The van der Waals surface area contributed by atoms with Crippen molar-refractivity contribution in [2.24, 2.45) is 17.6 Å². The molecule has 1 rings (SSSR count). The van der Waals surface area contributed by atoms with Gasteiger partial charge in [0.1, 0.15) is 0 Å². The largest absolute Gasteiger partial charge is 0.329 e. The summed E-state index contributed by atoms with van der Waals surface area (Å²) in [4.78, 5) is 2.48. The zero-order valence-electron chi connectivity index (χ0n) is 10.2. The predicted octanol–water partition coefficient (Wildman–Crippen LogP) is 2.09.